The van der Waals surface area contributed by atoms with E-state index in [0.717, 1.165) is 37.2 Å². The second kappa shape index (κ2) is 7.24. The van der Waals surface area contributed by atoms with Crippen LogP contribution in [0.15, 0.2) is 23.6 Å². The number of carbonyl (C=O) groups excluding carboxylic acids is 1. The number of nitrogens with zero attached hydrogens (tertiary/aromatic N) is 1. The SMILES string of the molecule is O=C(O)CCC1CCN(C(=O)C=Cc2cccs2)CC1. The second-order valence-electron chi connectivity index (χ2n) is 5.05. The molecule has 0 atom stereocenters. The molecule has 1 aromatic heterocycles. The van der Waals surface area contributed by atoms with Crippen LogP contribution in [0, 0.1) is 5.92 Å². The molecule has 0 saturated carbocycles. The molecule has 2 rings (SSSR count). The van der Waals surface area contributed by atoms with E-state index >= 15 is 0 Å². The summed E-state index contributed by atoms with van der Waals surface area (Å²) in [6.07, 6.45) is 6.25. The van der Waals surface area contributed by atoms with Crippen LogP contribution in [0.3, 0.4) is 0 Å². The van der Waals surface area contributed by atoms with Crippen LogP contribution >= 0.6 is 11.3 Å². The van der Waals surface area contributed by atoms with E-state index in [9.17, 15) is 9.59 Å². The molecule has 4 nitrogen and oxygen atoms in total. The average molecular weight is 293 g/mol. The fourth-order valence-corrected chi connectivity index (χ4v) is 3.03. The Morgan fingerprint density at radius 3 is 2.75 bits per heavy atom. The number of hydrogen-bond donors (Lipinski definition) is 1. The maximum absolute atomic E-state index is 12.0. The molecule has 0 aromatic carbocycles. The molecule has 2 heterocycles. The smallest absolute Gasteiger partial charge is 0.303 e. The highest BCUT2D eigenvalue weighted by Crippen LogP contribution is 2.22. The van der Waals surface area contributed by atoms with Gasteiger partial charge in [0.15, 0.2) is 0 Å². The van der Waals surface area contributed by atoms with Gasteiger partial charge in [0.25, 0.3) is 0 Å². The molecule has 1 N–H and O–H groups in total. The summed E-state index contributed by atoms with van der Waals surface area (Å²) in [5.74, 6) is -0.242. The Kier molecular flexibility index (Phi) is 5.35. The normalized spacial score (nSPS) is 16.7. The van der Waals surface area contributed by atoms with Crippen molar-refractivity contribution in [3.8, 4) is 0 Å². The number of amides is 1. The van der Waals surface area contributed by atoms with Gasteiger partial charge in [0.2, 0.25) is 5.91 Å². The van der Waals surface area contributed by atoms with E-state index in [1.54, 1.807) is 17.4 Å². The minimum absolute atomic E-state index is 0.0510. The van der Waals surface area contributed by atoms with Crippen molar-refractivity contribution in [2.75, 3.05) is 13.1 Å². The van der Waals surface area contributed by atoms with E-state index in [2.05, 4.69) is 0 Å². The maximum Gasteiger partial charge on any atom is 0.303 e. The summed E-state index contributed by atoms with van der Waals surface area (Å²) in [5.41, 5.74) is 0. The van der Waals surface area contributed by atoms with Crippen molar-refractivity contribution in [3.63, 3.8) is 0 Å². The first kappa shape index (κ1) is 14.8. The molecule has 1 aliphatic rings. The lowest BCUT2D eigenvalue weighted by Crippen LogP contribution is -2.37. The zero-order valence-electron chi connectivity index (χ0n) is 11.3. The van der Waals surface area contributed by atoms with E-state index < -0.39 is 5.97 Å². The molecule has 1 fully saturated rings. The third-order valence-electron chi connectivity index (χ3n) is 3.63. The summed E-state index contributed by atoms with van der Waals surface area (Å²) < 4.78 is 0. The van der Waals surface area contributed by atoms with Gasteiger partial charge in [-0.3, -0.25) is 9.59 Å². The number of hydrogen-bond acceptors (Lipinski definition) is 3. The molecule has 0 radical (unpaired) electrons. The standard InChI is InChI=1S/C15H19NO3S/c17-14(5-4-13-2-1-11-20-13)16-9-7-12(8-10-16)3-6-15(18)19/h1-2,4-5,11-12H,3,6-10H2,(H,18,19). The Balaban J connectivity index is 1.75. The number of carbonyl (C=O) groups is 2. The van der Waals surface area contributed by atoms with Crippen molar-refractivity contribution < 1.29 is 14.7 Å². The van der Waals surface area contributed by atoms with Crippen LogP contribution in [0.1, 0.15) is 30.6 Å². The van der Waals surface area contributed by atoms with Crippen LogP contribution in [-0.2, 0) is 9.59 Å². The van der Waals surface area contributed by atoms with Gasteiger partial charge in [-0.1, -0.05) is 6.07 Å². The molecule has 1 aromatic rings. The van der Waals surface area contributed by atoms with Crippen LogP contribution < -0.4 is 0 Å². The van der Waals surface area contributed by atoms with Crippen molar-refractivity contribution in [1.82, 2.24) is 4.90 Å². The molecular weight excluding hydrogens is 274 g/mol. The number of carboxylic acids is 1. The molecular formula is C15H19NO3S. The molecule has 20 heavy (non-hydrogen) atoms. The first-order valence-electron chi connectivity index (χ1n) is 6.87. The summed E-state index contributed by atoms with van der Waals surface area (Å²) in [4.78, 5) is 25.5. The molecule has 0 bridgehead atoms. The first-order chi connectivity index (χ1) is 9.65. The van der Waals surface area contributed by atoms with Gasteiger partial charge in [-0.25, -0.2) is 0 Å². The van der Waals surface area contributed by atoms with E-state index in [4.69, 9.17) is 5.11 Å². The van der Waals surface area contributed by atoms with Crippen LogP contribution in [0.2, 0.25) is 0 Å². The van der Waals surface area contributed by atoms with Crippen LogP contribution in [0.25, 0.3) is 6.08 Å². The Hall–Kier alpha value is -1.62. The van der Waals surface area contributed by atoms with Crippen molar-refractivity contribution in [2.24, 2.45) is 5.92 Å². The van der Waals surface area contributed by atoms with Crippen LogP contribution in [0.5, 0.6) is 0 Å². The third kappa shape index (κ3) is 4.49. The lowest BCUT2D eigenvalue weighted by atomic mass is 9.92. The van der Waals surface area contributed by atoms with E-state index in [0.29, 0.717) is 5.92 Å². The largest absolute Gasteiger partial charge is 0.481 e. The van der Waals surface area contributed by atoms with E-state index in [-0.39, 0.29) is 12.3 Å². The maximum atomic E-state index is 12.0. The molecule has 0 aliphatic carbocycles. The van der Waals surface area contributed by atoms with Crippen LogP contribution in [-0.4, -0.2) is 35.0 Å². The summed E-state index contributed by atoms with van der Waals surface area (Å²) in [7, 11) is 0. The number of rotatable bonds is 5. The Bertz CT molecular complexity index is 473. The van der Waals surface area contributed by atoms with Gasteiger partial charge in [0, 0.05) is 30.5 Å². The van der Waals surface area contributed by atoms with Crippen molar-refractivity contribution >= 4 is 29.3 Å². The summed E-state index contributed by atoms with van der Waals surface area (Å²) in [6.45, 7) is 1.47. The van der Waals surface area contributed by atoms with Crippen molar-refractivity contribution in [2.45, 2.75) is 25.7 Å². The van der Waals surface area contributed by atoms with Gasteiger partial charge in [-0.2, -0.15) is 0 Å². The molecule has 5 heteroatoms. The average Bonchev–Trinajstić information content (AvgIpc) is 2.96. The summed E-state index contributed by atoms with van der Waals surface area (Å²) in [5, 5.41) is 10.7. The van der Waals surface area contributed by atoms with Gasteiger partial charge in [-0.05, 0) is 42.7 Å². The number of aliphatic carboxylic acids is 1. The minimum Gasteiger partial charge on any atom is -0.481 e. The molecule has 0 unspecified atom stereocenters. The Labute approximate surface area is 122 Å². The summed E-state index contributed by atoms with van der Waals surface area (Å²) >= 11 is 1.61. The zero-order chi connectivity index (χ0) is 14.4. The lowest BCUT2D eigenvalue weighted by Gasteiger charge is -2.31. The van der Waals surface area contributed by atoms with Gasteiger partial charge in [0.1, 0.15) is 0 Å². The predicted octanol–water partition coefficient (Wildman–Crippen LogP) is 2.86. The summed E-state index contributed by atoms with van der Waals surface area (Å²) in [6, 6.07) is 3.94. The van der Waals surface area contributed by atoms with Gasteiger partial charge in [0.05, 0.1) is 0 Å². The quantitative estimate of drug-likeness (QED) is 0.849. The van der Waals surface area contributed by atoms with E-state index in [1.807, 2.05) is 28.5 Å². The van der Waals surface area contributed by atoms with E-state index in [1.165, 1.54) is 0 Å². The van der Waals surface area contributed by atoms with Crippen molar-refractivity contribution in [1.29, 1.82) is 0 Å². The van der Waals surface area contributed by atoms with Gasteiger partial charge in [-0.15, -0.1) is 11.3 Å². The fourth-order valence-electron chi connectivity index (χ4n) is 2.41. The number of piperidine rings is 1. The Morgan fingerprint density at radius 2 is 2.15 bits per heavy atom. The monoisotopic (exact) mass is 293 g/mol. The molecule has 1 amide bonds. The van der Waals surface area contributed by atoms with Gasteiger partial charge >= 0.3 is 5.97 Å². The molecule has 1 saturated heterocycles. The van der Waals surface area contributed by atoms with Gasteiger partial charge < -0.3 is 10.0 Å². The lowest BCUT2D eigenvalue weighted by molar-refractivity contribution is -0.137. The fraction of sp³-hybridized carbons (Fsp3) is 0.467. The van der Waals surface area contributed by atoms with Crippen LogP contribution in [0.4, 0.5) is 0 Å². The highest BCUT2D eigenvalue weighted by molar-refractivity contribution is 7.10. The minimum atomic E-state index is -0.734. The third-order valence-corrected chi connectivity index (χ3v) is 4.46. The number of likely N-dealkylation sites (tertiary alicyclic amines) is 1. The molecule has 108 valence electrons. The second-order valence-corrected chi connectivity index (χ2v) is 6.03. The molecule has 1 aliphatic heterocycles. The zero-order valence-corrected chi connectivity index (χ0v) is 12.1. The number of carboxylic acid groups (broad SMARTS) is 1. The van der Waals surface area contributed by atoms with Crippen molar-refractivity contribution in [3.05, 3.63) is 28.5 Å². The topological polar surface area (TPSA) is 57.6 Å². The first-order valence-corrected chi connectivity index (χ1v) is 7.75. The molecule has 0 spiro atoms. The highest BCUT2D eigenvalue weighted by atomic mass is 32.1. The number of thiophene rings is 1. The predicted molar refractivity (Wildman–Crippen MR) is 79.5 cm³/mol. The Morgan fingerprint density at radius 1 is 1.40 bits per heavy atom. The highest BCUT2D eigenvalue weighted by Gasteiger charge is 2.21.